The van der Waals surface area contributed by atoms with Crippen molar-refractivity contribution in [2.75, 3.05) is 163 Å². The highest BCUT2D eigenvalue weighted by Crippen LogP contribution is 2.49. The Hall–Kier alpha value is -10.6. The highest BCUT2D eigenvalue weighted by atomic mass is 35.5. The van der Waals surface area contributed by atoms with Crippen LogP contribution in [0.3, 0.4) is 0 Å². The molecule has 4 heterocycles. The van der Waals surface area contributed by atoms with Crippen molar-refractivity contribution >= 4 is 70.0 Å². The number of carbonyl (C=O) groups excluding carboxylic acids is 4. The van der Waals surface area contributed by atoms with Gasteiger partial charge in [0.1, 0.15) is 58.1 Å². The summed E-state index contributed by atoms with van der Waals surface area (Å²) in [5, 5.41) is 37.1. The van der Waals surface area contributed by atoms with Crippen LogP contribution in [0.1, 0.15) is 151 Å². The van der Waals surface area contributed by atoms with Crippen molar-refractivity contribution in [3.8, 4) is 0 Å². The fourth-order valence-electron chi connectivity index (χ4n) is 22.3. The minimum Gasteiger partial charge on any atom is -0.385 e. The van der Waals surface area contributed by atoms with Crippen LogP contribution in [-0.4, -0.2) is 240 Å². The first-order valence-electron chi connectivity index (χ1n) is 49.8. The molecule has 20 heteroatoms. The van der Waals surface area contributed by atoms with Gasteiger partial charge in [0.15, 0.2) is 0 Å². The molecular weight excluding hydrogens is 1840 g/mol. The summed E-state index contributed by atoms with van der Waals surface area (Å²) in [6.45, 7) is 12.1. The molecule has 0 bridgehead atoms. The van der Waals surface area contributed by atoms with Gasteiger partial charge in [-0.25, -0.2) is 5.21 Å². The van der Waals surface area contributed by atoms with Gasteiger partial charge in [-0.05, 0) is 115 Å². The minimum absolute atomic E-state index is 0.0174. The lowest BCUT2D eigenvalue weighted by molar-refractivity contribution is -1.11. The number of benzene rings is 12. The molecule has 4 aliphatic rings. The van der Waals surface area contributed by atoms with Crippen LogP contribution in [-0.2, 0) is 67.8 Å². The predicted octanol–water partition coefficient (Wildman–Crippen LogP) is 22.4. The van der Waals surface area contributed by atoms with Crippen LogP contribution in [0.15, 0.2) is 340 Å². The van der Waals surface area contributed by atoms with E-state index in [9.17, 15) is 34.6 Å². The Labute approximate surface area is 858 Å². The number of quaternary nitrogens is 4. The molecule has 0 atom stereocenters. The van der Waals surface area contributed by atoms with Gasteiger partial charge in [0, 0.05) is 166 Å². The van der Waals surface area contributed by atoms with Crippen molar-refractivity contribution in [3.63, 3.8) is 0 Å². The summed E-state index contributed by atoms with van der Waals surface area (Å²) >= 11 is 24.4. The Morgan fingerprint density at radius 2 is 0.475 bits per heavy atom. The molecule has 4 saturated heterocycles. The zero-order chi connectivity index (χ0) is 101. The number of piperidine rings is 4. The van der Waals surface area contributed by atoms with E-state index in [4.69, 9.17) is 51.1 Å². The molecule has 141 heavy (non-hydrogen) atoms. The average molecular weight is 1980 g/mol. The van der Waals surface area contributed by atoms with Crippen LogP contribution in [0.4, 0.5) is 0 Å². The number of hydroxylamine groups is 3. The molecule has 4 fully saturated rings. The van der Waals surface area contributed by atoms with Gasteiger partial charge in [0.05, 0.1) is 80.0 Å². The van der Waals surface area contributed by atoms with E-state index in [2.05, 4.69) is 125 Å². The topological polar surface area (TPSA) is 151 Å². The highest BCUT2D eigenvalue weighted by Gasteiger charge is 2.54. The molecule has 742 valence electrons. The van der Waals surface area contributed by atoms with Crippen LogP contribution in [0, 0.1) is 0 Å². The van der Waals surface area contributed by atoms with Crippen LogP contribution in [0.25, 0.3) is 0 Å². The quantitative estimate of drug-likeness (QED) is 0.0392. The molecule has 3 N–H and O–H groups in total. The molecule has 12 aromatic rings. The summed E-state index contributed by atoms with van der Waals surface area (Å²) in [7, 11) is 23.5. The van der Waals surface area contributed by atoms with E-state index < -0.39 is 32.9 Å². The zero-order valence-electron chi connectivity index (χ0n) is 84.8. The van der Waals surface area contributed by atoms with Gasteiger partial charge in [0.25, 0.3) is 0 Å². The van der Waals surface area contributed by atoms with E-state index in [1.165, 1.54) is 11.1 Å². The summed E-state index contributed by atoms with van der Waals surface area (Å²) in [6, 6.07) is 113. The van der Waals surface area contributed by atoms with Crippen molar-refractivity contribution in [2.45, 2.75) is 128 Å². The fraction of sp³-hybridized carbons (Fsp3) is 0.372. The van der Waals surface area contributed by atoms with Crippen molar-refractivity contribution < 1.29 is 57.4 Å². The van der Waals surface area contributed by atoms with Crippen molar-refractivity contribution in [2.24, 2.45) is 0 Å². The predicted molar refractivity (Wildman–Crippen MR) is 573 cm³/mol. The lowest BCUT2D eigenvalue weighted by Crippen LogP contribution is -2.57. The number of rotatable bonds is 29. The average Bonchev–Trinajstić information content (AvgIpc) is 0.759. The maximum Gasteiger partial charge on any atom is 0.237 e. The molecule has 0 unspecified atom stereocenters. The van der Waals surface area contributed by atoms with Crippen molar-refractivity contribution in [1.29, 1.82) is 0 Å². The van der Waals surface area contributed by atoms with Gasteiger partial charge in [-0.1, -0.05) is 345 Å². The molecular formula is C121H146Cl4N8O8+4. The van der Waals surface area contributed by atoms with E-state index >= 15 is 0 Å². The first kappa shape index (κ1) is 108. The van der Waals surface area contributed by atoms with Crippen LogP contribution >= 0.6 is 46.4 Å². The van der Waals surface area contributed by atoms with Gasteiger partial charge >= 0.3 is 0 Å². The van der Waals surface area contributed by atoms with E-state index in [0.29, 0.717) is 68.2 Å². The number of hydrogen-bond acceptors (Lipinski definition) is 8. The summed E-state index contributed by atoms with van der Waals surface area (Å²) in [4.78, 5) is 62.6. The number of aliphatic hydroxyl groups is 2. The van der Waals surface area contributed by atoms with Gasteiger partial charge in [-0.2, -0.15) is 4.65 Å². The van der Waals surface area contributed by atoms with Crippen molar-refractivity contribution in [3.05, 3.63) is 427 Å². The van der Waals surface area contributed by atoms with E-state index in [1.807, 2.05) is 280 Å². The molecule has 0 saturated carbocycles. The maximum atomic E-state index is 14.0. The van der Waals surface area contributed by atoms with Gasteiger partial charge in [-0.3, -0.25) is 19.2 Å². The van der Waals surface area contributed by atoms with Gasteiger partial charge in [0.2, 0.25) is 23.6 Å². The molecule has 16 nitrogen and oxygen atoms in total. The van der Waals surface area contributed by atoms with Crippen LogP contribution in [0.2, 0.25) is 20.1 Å². The Morgan fingerprint density at radius 3 is 0.695 bits per heavy atom. The monoisotopic (exact) mass is 1980 g/mol. The molecule has 0 aromatic heterocycles. The summed E-state index contributed by atoms with van der Waals surface area (Å²) in [5.41, 5.74) is 7.30. The third-order valence-corrected chi connectivity index (χ3v) is 32.8. The van der Waals surface area contributed by atoms with E-state index in [-0.39, 0.29) is 39.3 Å². The molecule has 16 rings (SSSR count). The maximum absolute atomic E-state index is 14.0. The molecule has 4 aliphatic heterocycles. The number of hydrogen-bond donors (Lipinski definition) is 3. The summed E-state index contributed by atoms with van der Waals surface area (Å²) in [6.07, 6.45) is 8.93. The standard InChI is InChI=1S/C31H38ClN2O2.C31H38ClN2O.C30H36ClN2O2.C29H34ClN2O3/c1-33(2)29(35)31(26-11-7-5-8-12-26,27-13-9-6-10-14-27)21-24-34(3)22-19-30(36-4,20-23-34)25-15-17-28(32)18-16-25;1-30(25-15-17-28(32)18-16-25)19-22-34(4,23-20-30)24-21-31(29(35)33(2)3,26-11-7-5-8-12-26)27-13-9-6-10-14-27;1-32(2)28(34)30(25-10-6-4-7-11-25,26-12-8-5-9-13-26)20-23-33(3)21-18-29(35,19-22-33)24-14-16-27(31)17-15-24;1-31(2)27(33)29(24-9-5-3-6-10-24,25-11-7-4-8-12-25)19-22-32(35)20-17-28(34,18-21-32)23-13-15-26(30)16-14-23/h5-18H,19-24H2,1-4H3;5-18H,19-24H2,1-4H3;4-17,35H,18-23H2,1-3H3;3-16,34-35H,17-22H2,1-2H3/q4*+1. The van der Waals surface area contributed by atoms with Crippen LogP contribution in [0.5, 0.6) is 0 Å². The second-order valence-corrected chi connectivity index (χ2v) is 43.6. The molecule has 12 aromatic carbocycles. The number of ether oxygens (including phenoxy) is 1. The molecule has 0 aliphatic carbocycles. The summed E-state index contributed by atoms with van der Waals surface area (Å²) < 4.78 is 8.65. The number of methoxy groups -OCH3 is 1. The third kappa shape index (κ3) is 24.5. The number of likely N-dealkylation sites (tertiary alicyclic amines) is 4. The second-order valence-electron chi connectivity index (χ2n) is 41.8. The third-order valence-electron chi connectivity index (χ3n) is 31.8. The zero-order valence-corrected chi connectivity index (χ0v) is 87.8. The SMILES string of the molecule is CN(C)C(=O)C(CC[N+]1(C)CCC(C)(c2ccc(Cl)cc2)CC1)(c1ccccc1)c1ccccc1.CN(C)C(=O)C(CC[N+]1(C)CCC(O)(c2ccc(Cl)cc2)CC1)(c1ccccc1)c1ccccc1.CN(C)C(=O)C(CC[N+]1(O)CCC(O)(c2ccc(Cl)cc2)CC1)(c1ccccc1)c1ccccc1.COC1(c2ccc(Cl)cc2)CC[N+](C)(CCC(C(=O)N(C)C)(c2ccccc2)c2ccccc2)CC1. The van der Waals surface area contributed by atoms with Crippen molar-refractivity contribution in [1.82, 2.24) is 19.6 Å². The first-order chi connectivity index (χ1) is 67.3. The number of nitrogens with zero attached hydrogens (tertiary/aromatic N) is 8. The van der Waals surface area contributed by atoms with Crippen LogP contribution < -0.4 is 0 Å². The normalized spacial score (nSPS) is 22.5. The first-order valence-corrected chi connectivity index (χ1v) is 51.3. The molecule has 0 radical (unpaired) electrons. The Balaban J connectivity index is 0.000000158. The lowest BCUT2D eigenvalue weighted by atomic mass is 9.70. The second kappa shape index (κ2) is 46.4. The Bertz CT molecular complexity index is 5390. The smallest absolute Gasteiger partial charge is 0.237 e. The van der Waals surface area contributed by atoms with E-state index in [0.717, 1.165) is 177 Å². The number of amides is 4. The minimum atomic E-state index is -0.996. The number of carbonyl (C=O) groups is 4. The molecule has 0 spiro atoms. The van der Waals surface area contributed by atoms with E-state index in [1.54, 1.807) is 45.8 Å². The van der Waals surface area contributed by atoms with Gasteiger partial charge in [-0.15, -0.1) is 0 Å². The Kier molecular flexibility index (Phi) is 35.4. The van der Waals surface area contributed by atoms with Gasteiger partial charge < -0.3 is 48.0 Å². The largest absolute Gasteiger partial charge is 0.385 e. The highest BCUT2D eigenvalue weighted by molar-refractivity contribution is 6.31. The Morgan fingerprint density at radius 1 is 0.284 bits per heavy atom. The number of likely N-dealkylation sites (N-methyl/N-ethyl adjacent to an activating group) is 4. The number of halogens is 4. The molecule has 4 amide bonds. The lowest BCUT2D eigenvalue weighted by Gasteiger charge is -2.47. The fourth-order valence-corrected chi connectivity index (χ4v) is 22.8. The summed E-state index contributed by atoms with van der Waals surface area (Å²) in [5.74, 6) is 0.341.